The number of likely N-dealkylation sites (N-methyl/N-ethyl adjacent to an activating group) is 1. The van der Waals surface area contributed by atoms with E-state index in [2.05, 4.69) is 16.9 Å². The lowest BCUT2D eigenvalue weighted by atomic mass is 9.76. The third-order valence-electron chi connectivity index (χ3n) is 13.8. The average Bonchev–Trinajstić information content (AvgIpc) is 3.71. The molecule has 2 fully saturated rings. The van der Waals surface area contributed by atoms with Crippen molar-refractivity contribution in [2.45, 2.75) is 56.5 Å². The molecule has 2 aromatic heterocycles. The van der Waals surface area contributed by atoms with E-state index < -0.39 is 50.4 Å². The van der Waals surface area contributed by atoms with Crippen molar-refractivity contribution in [1.82, 2.24) is 18.8 Å². The molecule has 10 rings (SSSR count). The third-order valence-corrected chi connectivity index (χ3v) is 15.7. The quantitative estimate of drug-likeness (QED) is 0.0833. The minimum Gasteiger partial charge on any atom is -0.504 e. The Labute approximate surface area is 418 Å². The van der Waals surface area contributed by atoms with Gasteiger partial charge in [-0.15, -0.1) is 0 Å². The minimum absolute atomic E-state index is 0.0272. The first kappa shape index (κ1) is 52.1. The third kappa shape index (κ3) is 9.88. The number of rotatable bonds is 12. The van der Waals surface area contributed by atoms with Crippen molar-refractivity contribution in [1.29, 1.82) is 0 Å². The highest BCUT2D eigenvalue weighted by Gasteiger charge is 2.54. The van der Waals surface area contributed by atoms with Crippen LogP contribution in [0.2, 0.25) is 0 Å². The van der Waals surface area contributed by atoms with Crippen LogP contribution in [0.1, 0.15) is 70.1 Å². The highest BCUT2D eigenvalue weighted by atomic mass is 32.2. The first-order chi connectivity index (χ1) is 34.7. The number of phenols is 2. The molecule has 6 N–H and O–H groups in total. The van der Waals surface area contributed by atoms with E-state index >= 15 is 0 Å². The molecule has 1 saturated heterocycles. The molecule has 21 heteroatoms. The van der Waals surface area contributed by atoms with Crippen LogP contribution in [0.15, 0.2) is 82.6 Å². The first-order valence-electron chi connectivity index (χ1n) is 23.6. The number of aromatic carboxylic acids is 2. The maximum absolute atomic E-state index is 14.8. The maximum atomic E-state index is 14.8. The molecule has 0 spiro atoms. The van der Waals surface area contributed by atoms with Crippen LogP contribution in [0.4, 0.5) is 19.0 Å². The van der Waals surface area contributed by atoms with Crippen molar-refractivity contribution in [2.24, 2.45) is 17.6 Å². The predicted octanol–water partition coefficient (Wildman–Crippen LogP) is 6.96. The summed E-state index contributed by atoms with van der Waals surface area (Å²) < 4.78 is 80.7. The van der Waals surface area contributed by atoms with Crippen LogP contribution < -0.4 is 25.5 Å². The topological polar surface area (TPSA) is 238 Å². The van der Waals surface area contributed by atoms with Gasteiger partial charge in [-0.2, -0.15) is 4.31 Å². The minimum atomic E-state index is -3.53. The molecule has 4 atom stereocenters. The molecule has 0 radical (unpaired) electrons. The second kappa shape index (κ2) is 20.7. The van der Waals surface area contributed by atoms with Gasteiger partial charge in [0.05, 0.1) is 35.8 Å². The number of carboxylic acid groups (broad SMARTS) is 2. The molecule has 1 saturated carbocycles. The molecule has 0 amide bonds. The SMILES string of the molecule is CCCN(CCC)S(=O)(=O)c1ccc(C(=O)O)cc1.COc1cc2c(cc1O)CC1c3c(cc(O)c(OC)c3-2)CCN1C.NC1[C@H]2CN(c3nc4c(cc3F)c(=O)c(C(=O)O)cn4-c3ccc(F)cc3F)C[C@@H]12. The number of sulfonamides is 1. The zero-order valence-corrected chi connectivity index (χ0v) is 41.4. The lowest BCUT2D eigenvalue weighted by molar-refractivity contribution is 0.0685. The summed E-state index contributed by atoms with van der Waals surface area (Å²) in [6.45, 7) is 6.73. The highest BCUT2D eigenvalue weighted by Crippen LogP contribution is 2.53. The van der Waals surface area contributed by atoms with Crippen LogP contribution in [-0.2, 0) is 22.9 Å². The Morgan fingerprint density at radius 2 is 1.52 bits per heavy atom. The van der Waals surface area contributed by atoms with E-state index in [9.17, 15) is 51.3 Å². The number of aromatic nitrogens is 2. The van der Waals surface area contributed by atoms with Crippen LogP contribution in [-0.4, -0.2) is 120 Å². The molecular weight excluding hydrogens is 974 g/mol. The van der Waals surface area contributed by atoms with Crippen molar-refractivity contribution < 1.29 is 61.1 Å². The molecule has 73 heavy (non-hydrogen) atoms. The van der Waals surface area contributed by atoms with Gasteiger partial charge in [0.1, 0.15) is 17.2 Å². The number of fused-ring (bicyclic) bond motifs is 4. The van der Waals surface area contributed by atoms with Crippen molar-refractivity contribution in [2.75, 3.05) is 58.9 Å². The number of hydrogen-bond donors (Lipinski definition) is 5. The van der Waals surface area contributed by atoms with E-state index in [0.29, 0.717) is 43.7 Å². The number of benzene rings is 4. The summed E-state index contributed by atoms with van der Waals surface area (Å²) in [4.78, 5) is 43.3. The van der Waals surface area contributed by atoms with Gasteiger partial charge in [0.15, 0.2) is 40.3 Å². The van der Waals surface area contributed by atoms with E-state index in [-0.39, 0.29) is 68.4 Å². The largest absolute Gasteiger partial charge is 0.504 e. The van der Waals surface area contributed by atoms with Gasteiger partial charge in [-0.3, -0.25) is 14.3 Å². The van der Waals surface area contributed by atoms with Gasteiger partial charge in [0.2, 0.25) is 15.5 Å². The Kier molecular flexibility index (Phi) is 14.8. The number of aromatic hydroxyl groups is 2. The van der Waals surface area contributed by atoms with E-state index in [1.165, 1.54) is 46.8 Å². The van der Waals surface area contributed by atoms with Crippen molar-refractivity contribution in [3.63, 3.8) is 0 Å². The molecule has 2 aliphatic heterocycles. The van der Waals surface area contributed by atoms with Gasteiger partial charge in [0.25, 0.3) is 0 Å². The number of piperidine rings is 1. The van der Waals surface area contributed by atoms with Crippen molar-refractivity contribution in [3.8, 4) is 39.8 Å². The Balaban J connectivity index is 0.000000151. The zero-order chi connectivity index (χ0) is 52.8. The molecule has 386 valence electrons. The number of nitrogens with two attached hydrogens (primary N) is 1. The predicted molar refractivity (Wildman–Crippen MR) is 265 cm³/mol. The Bertz CT molecular complexity index is 3300. The normalized spacial score (nSPS) is 18.4. The highest BCUT2D eigenvalue weighted by molar-refractivity contribution is 7.89. The van der Waals surface area contributed by atoms with Crippen LogP contribution in [0.3, 0.4) is 0 Å². The van der Waals surface area contributed by atoms with Crippen molar-refractivity contribution >= 4 is 38.8 Å². The maximum Gasteiger partial charge on any atom is 0.341 e. The summed E-state index contributed by atoms with van der Waals surface area (Å²) >= 11 is 0. The molecule has 6 aromatic rings. The number of hydrogen-bond acceptors (Lipinski definition) is 13. The second-order valence-corrected chi connectivity index (χ2v) is 20.3. The number of anilines is 1. The van der Waals surface area contributed by atoms with Crippen LogP contribution in [0.25, 0.3) is 27.8 Å². The van der Waals surface area contributed by atoms with Gasteiger partial charge >= 0.3 is 11.9 Å². The molecule has 4 aliphatic rings. The van der Waals surface area contributed by atoms with Gasteiger partial charge < -0.3 is 40.5 Å². The van der Waals surface area contributed by atoms with Crippen LogP contribution in [0, 0.1) is 29.3 Å². The Hall–Kier alpha value is -7.20. The summed E-state index contributed by atoms with van der Waals surface area (Å²) in [6.07, 6.45) is 4.11. The van der Waals surface area contributed by atoms with Gasteiger partial charge in [-0.05, 0) is 127 Å². The summed E-state index contributed by atoms with van der Waals surface area (Å²) in [5.41, 5.74) is 9.33. The molecule has 4 aromatic carbocycles. The summed E-state index contributed by atoms with van der Waals surface area (Å²) in [5, 5.41) is 38.5. The Morgan fingerprint density at radius 1 is 0.863 bits per heavy atom. The van der Waals surface area contributed by atoms with Gasteiger partial charge in [-0.1, -0.05) is 13.8 Å². The van der Waals surface area contributed by atoms with Crippen LogP contribution >= 0.6 is 0 Å². The number of pyridine rings is 2. The van der Waals surface area contributed by atoms with Gasteiger partial charge in [0, 0.05) is 62.6 Å². The number of methoxy groups -OCH3 is 2. The molecule has 17 nitrogen and oxygen atoms in total. The standard InChI is InChI=1S/C20H15F3N4O3.C19H21NO4.C13H19NO4S/c21-8-1-2-15(13(22)3-8)27-7-12(20(29)30)17(28)9-4-14(23)19(25-18(9)27)26-5-10-11(6-26)16(10)24;1-20-5-4-10-7-15(22)19(24-3)18-12-9-16(23-2)14(21)8-11(12)6-13(20)17(10)18;1-3-9-14(10-4-2)19(17,18)12-7-5-11(6-8-12)13(15)16/h1-4,7,10-11,16H,5-6,24H2,(H,29,30);7-9,13,21-22H,4-6H2,1-3H3;5-8H,3-4,9-10H2,1-2H3,(H,15,16)/t10-,11+,16?;;. The number of ether oxygens (including phenoxy) is 2. The molecular formula is C52H55F3N6O11S. The average molecular weight is 1030 g/mol. The van der Waals surface area contributed by atoms with E-state index in [4.69, 9.17) is 20.3 Å². The Morgan fingerprint density at radius 3 is 2.11 bits per heavy atom. The van der Waals surface area contributed by atoms with E-state index in [1.54, 1.807) is 18.1 Å². The zero-order valence-electron chi connectivity index (χ0n) is 40.6. The molecule has 2 unspecified atom stereocenters. The molecule has 4 heterocycles. The van der Waals surface area contributed by atoms with E-state index in [1.807, 2.05) is 26.0 Å². The number of carboxylic acids is 2. The number of carbonyl (C=O) groups is 2. The summed E-state index contributed by atoms with van der Waals surface area (Å²) in [5.74, 6) is -3.56. The fourth-order valence-electron chi connectivity index (χ4n) is 10.1. The fraction of sp³-hybridized carbons (Fsp3) is 0.346. The molecule has 0 bridgehead atoms. The monoisotopic (exact) mass is 1030 g/mol. The number of nitrogens with zero attached hydrogens (tertiary/aromatic N) is 5. The fourth-order valence-corrected chi connectivity index (χ4v) is 11.7. The number of phenolic OH excluding ortho intramolecular Hbond substituents is 2. The lowest BCUT2D eigenvalue weighted by Crippen LogP contribution is -2.35. The lowest BCUT2D eigenvalue weighted by Gasteiger charge is -2.40. The summed E-state index contributed by atoms with van der Waals surface area (Å²) in [7, 11) is 1.70. The van der Waals surface area contributed by atoms with Crippen LogP contribution in [0.5, 0.6) is 23.0 Å². The van der Waals surface area contributed by atoms with Crippen molar-refractivity contribution in [3.05, 3.63) is 128 Å². The van der Waals surface area contributed by atoms with E-state index in [0.717, 1.165) is 77.9 Å². The summed E-state index contributed by atoms with van der Waals surface area (Å²) in [6, 6.07) is 14.7. The second-order valence-electron chi connectivity index (χ2n) is 18.4. The van der Waals surface area contributed by atoms with Gasteiger partial charge in [-0.25, -0.2) is 36.2 Å². The molecule has 2 aliphatic carbocycles. The first-order valence-corrected chi connectivity index (χ1v) is 25.0. The smallest absolute Gasteiger partial charge is 0.341 e. The number of halogens is 3.